The summed E-state index contributed by atoms with van der Waals surface area (Å²) in [6.07, 6.45) is -2.34. The summed E-state index contributed by atoms with van der Waals surface area (Å²) < 4.78 is 24.5. The second kappa shape index (κ2) is 4.59. The van der Waals surface area contributed by atoms with E-state index in [-0.39, 0.29) is 6.54 Å². The van der Waals surface area contributed by atoms with Gasteiger partial charge in [0, 0.05) is 14.9 Å². The van der Waals surface area contributed by atoms with Crippen molar-refractivity contribution in [2.24, 2.45) is 0 Å². The molecule has 1 rings (SSSR count). The van der Waals surface area contributed by atoms with Crippen LogP contribution in [0, 0.1) is 3.57 Å². The smallest absolute Gasteiger partial charge is 0.255 e. The van der Waals surface area contributed by atoms with Gasteiger partial charge < -0.3 is 11.1 Å². The first-order valence-electron chi connectivity index (χ1n) is 3.66. The van der Waals surface area contributed by atoms with Crippen molar-refractivity contribution < 1.29 is 8.78 Å². The van der Waals surface area contributed by atoms with Crippen molar-refractivity contribution in [2.75, 3.05) is 17.6 Å². The topological polar surface area (TPSA) is 38.0 Å². The highest BCUT2D eigenvalue weighted by Gasteiger charge is 2.04. The molecule has 0 saturated heterocycles. The second-order valence-electron chi connectivity index (χ2n) is 2.51. The fourth-order valence-corrected chi connectivity index (χ4v) is 1.59. The predicted octanol–water partition coefficient (Wildman–Crippen LogP) is 2.55. The lowest BCUT2D eigenvalue weighted by atomic mass is 10.3. The van der Waals surface area contributed by atoms with Gasteiger partial charge in [-0.2, -0.15) is 0 Å². The molecule has 0 aliphatic rings. The molecule has 1 aromatic rings. The lowest BCUT2D eigenvalue weighted by Crippen LogP contribution is -2.11. The Morgan fingerprint density at radius 3 is 2.69 bits per heavy atom. The number of hydrogen-bond acceptors (Lipinski definition) is 2. The van der Waals surface area contributed by atoms with Crippen LogP contribution in [0.1, 0.15) is 0 Å². The van der Waals surface area contributed by atoms with Crippen LogP contribution in [0.4, 0.5) is 20.2 Å². The molecule has 0 spiro atoms. The van der Waals surface area contributed by atoms with E-state index in [1.54, 1.807) is 18.2 Å². The summed E-state index contributed by atoms with van der Waals surface area (Å²) in [6.45, 7) is -0.333. The third kappa shape index (κ3) is 3.33. The Balaban J connectivity index is 2.67. The standard InChI is InChI=1S/C8H9F2IN2/c9-8(10)4-13-7-2-1-5(12)3-6(7)11/h1-3,8,13H,4,12H2. The molecule has 0 aliphatic carbocycles. The molecule has 0 saturated carbocycles. The maximum Gasteiger partial charge on any atom is 0.255 e. The highest BCUT2D eigenvalue weighted by Crippen LogP contribution is 2.20. The Hall–Kier alpha value is -0.590. The molecular weight excluding hydrogens is 289 g/mol. The number of hydrogen-bond donors (Lipinski definition) is 2. The molecule has 1 aromatic carbocycles. The van der Waals surface area contributed by atoms with Crippen molar-refractivity contribution in [3.63, 3.8) is 0 Å². The SMILES string of the molecule is Nc1ccc(NCC(F)F)c(I)c1. The van der Waals surface area contributed by atoms with E-state index in [1.165, 1.54) is 0 Å². The summed E-state index contributed by atoms with van der Waals surface area (Å²) in [5, 5.41) is 2.63. The lowest BCUT2D eigenvalue weighted by molar-refractivity contribution is 0.163. The molecule has 72 valence electrons. The molecule has 0 unspecified atom stereocenters. The van der Waals surface area contributed by atoms with Gasteiger partial charge in [-0.1, -0.05) is 0 Å². The average Bonchev–Trinajstić information content (AvgIpc) is 2.02. The fraction of sp³-hybridized carbons (Fsp3) is 0.250. The van der Waals surface area contributed by atoms with E-state index in [9.17, 15) is 8.78 Å². The zero-order valence-corrected chi connectivity index (χ0v) is 8.89. The van der Waals surface area contributed by atoms with Gasteiger partial charge in [-0.3, -0.25) is 0 Å². The molecule has 0 atom stereocenters. The molecule has 3 N–H and O–H groups in total. The first-order chi connectivity index (χ1) is 6.09. The van der Waals surface area contributed by atoms with Crippen LogP contribution in [-0.4, -0.2) is 13.0 Å². The third-order valence-electron chi connectivity index (χ3n) is 1.44. The second-order valence-corrected chi connectivity index (χ2v) is 3.67. The van der Waals surface area contributed by atoms with E-state index >= 15 is 0 Å². The number of halogens is 3. The summed E-state index contributed by atoms with van der Waals surface area (Å²) in [6, 6.07) is 5.10. The highest BCUT2D eigenvalue weighted by molar-refractivity contribution is 14.1. The first-order valence-corrected chi connectivity index (χ1v) is 4.74. The Kier molecular flexibility index (Phi) is 3.71. The van der Waals surface area contributed by atoms with Crippen LogP contribution < -0.4 is 11.1 Å². The molecular formula is C8H9F2IN2. The van der Waals surface area contributed by atoms with Crippen LogP contribution in [-0.2, 0) is 0 Å². The summed E-state index contributed by atoms with van der Waals surface area (Å²) in [7, 11) is 0. The van der Waals surface area contributed by atoms with Gasteiger partial charge in [0.05, 0.1) is 6.54 Å². The van der Waals surface area contributed by atoms with Crippen molar-refractivity contribution >= 4 is 34.0 Å². The summed E-state index contributed by atoms with van der Waals surface area (Å²) in [5.41, 5.74) is 6.82. The Morgan fingerprint density at radius 1 is 1.46 bits per heavy atom. The largest absolute Gasteiger partial charge is 0.399 e. The zero-order chi connectivity index (χ0) is 9.84. The van der Waals surface area contributed by atoms with Gasteiger partial charge in [-0.05, 0) is 40.8 Å². The predicted molar refractivity (Wildman–Crippen MR) is 58.1 cm³/mol. The van der Waals surface area contributed by atoms with Crippen LogP contribution >= 0.6 is 22.6 Å². The maximum atomic E-state index is 11.8. The van der Waals surface area contributed by atoms with Crippen LogP contribution in [0.15, 0.2) is 18.2 Å². The number of benzene rings is 1. The monoisotopic (exact) mass is 298 g/mol. The van der Waals surface area contributed by atoms with Gasteiger partial charge in [0.2, 0.25) is 0 Å². The van der Waals surface area contributed by atoms with Crippen LogP contribution in [0.3, 0.4) is 0 Å². The van der Waals surface area contributed by atoms with E-state index in [1.807, 2.05) is 22.6 Å². The molecule has 0 amide bonds. The molecule has 0 aromatic heterocycles. The molecule has 13 heavy (non-hydrogen) atoms. The van der Waals surface area contributed by atoms with Crippen LogP contribution in [0.5, 0.6) is 0 Å². The van der Waals surface area contributed by atoms with Gasteiger partial charge in [0.25, 0.3) is 6.43 Å². The summed E-state index contributed by atoms with van der Waals surface area (Å²) in [5.74, 6) is 0. The van der Waals surface area contributed by atoms with Crippen molar-refractivity contribution in [3.8, 4) is 0 Å². The third-order valence-corrected chi connectivity index (χ3v) is 2.33. The number of nitrogens with one attached hydrogen (secondary N) is 1. The molecule has 0 fully saturated rings. The number of anilines is 2. The molecule has 0 heterocycles. The van der Waals surface area contributed by atoms with E-state index in [4.69, 9.17) is 5.73 Å². The van der Waals surface area contributed by atoms with E-state index in [2.05, 4.69) is 5.32 Å². The minimum Gasteiger partial charge on any atom is -0.399 e. The molecule has 0 radical (unpaired) electrons. The van der Waals surface area contributed by atoms with E-state index < -0.39 is 6.43 Å². The number of rotatable bonds is 3. The van der Waals surface area contributed by atoms with Gasteiger partial charge in [0.15, 0.2) is 0 Å². The summed E-state index contributed by atoms with van der Waals surface area (Å²) >= 11 is 2.05. The van der Waals surface area contributed by atoms with E-state index in [0.717, 1.165) is 3.57 Å². The average molecular weight is 298 g/mol. The molecule has 5 heteroatoms. The van der Waals surface area contributed by atoms with Crippen molar-refractivity contribution in [2.45, 2.75) is 6.43 Å². The maximum absolute atomic E-state index is 11.8. The number of alkyl halides is 2. The van der Waals surface area contributed by atoms with Gasteiger partial charge in [-0.15, -0.1) is 0 Å². The number of nitrogens with two attached hydrogens (primary N) is 1. The fourth-order valence-electron chi connectivity index (χ4n) is 0.862. The Labute approximate surface area is 88.6 Å². The Bertz CT molecular complexity index is 291. The highest BCUT2D eigenvalue weighted by atomic mass is 127. The van der Waals surface area contributed by atoms with Crippen molar-refractivity contribution in [1.29, 1.82) is 0 Å². The van der Waals surface area contributed by atoms with Gasteiger partial charge in [0.1, 0.15) is 0 Å². The van der Waals surface area contributed by atoms with Crippen molar-refractivity contribution in [1.82, 2.24) is 0 Å². The van der Waals surface area contributed by atoms with Gasteiger partial charge >= 0.3 is 0 Å². The normalized spacial score (nSPS) is 10.5. The molecule has 2 nitrogen and oxygen atoms in total. The lowest BCUT2D eigenvalue weighted by Gasteiger charge is -2.07. The Morgan fingerprint density at radius 2 is 2.15 bits per heavy atom. The van der Waals surface area contributed by atoms with Crippen molar-refractivity contribution in [3.05, 3.63) is 21.8 Å². The minimum atomic E-state index is -2.34. The minimum absolute atomic E-state index is 0.333. The molecule has 0 bridgehead atoms. The van der Waals surface area contributed by atoms with Crippen LogP contribution in [0.25, 0.3) is 0 Å². The van der Waals surface area contributed by atoms with E-state index in [0.29, 0.717) is 11.4 Å². The van der Waals surface area contributed by atoms with Gasteiger partial charge in [-0.25, -0.2) is 8.78 Å². The quantitative estimate of drug-likeness (QED) is 0.665. The number of nitrogen functional groups attached to an aromatic ring is 1. The summed E-state index contributed by atoms with van der Waals surface area (Å²) in [4.78, 5) is 0. The zero-order valence-electron chi connectivity index (χ0n) is 6.73. The first kappa shape index (κ1) is 10.5. The molecule has 0 aliphatic heterocycles. The van der Waals surface area contributed by atoms with Crippen LogP contribution in [0.2, 0.25) is 0 Å².